The van der Waals surface area contributed by atoms with Gasteiger partial charge < -0.3 is 0 Å². The normalized spacial score (nSPS) is 11.6. The molecule has 1 radical (unpaired) electrons. The average Bonchev–Trinajstić information content (AvgIpc) is 1.86. The van der Waals surface area contributed by atoms with Gasteiger partial charge in [0.1, 0.15) is 5.78 Å². The maximum Gasteiger partial charge on any atom is 0.141 e. The van der Waals surface area contributed by atoms with Gasteiger partial charge in [-0.2, -0.15) is 0 Å². The largest absolute Gasteiger partial charge is 0.299 e. The Hall–Kier alpha value is -0.330. The van der Waals surface area contributed by atoms with Crippen molar-refractivity contribution in [2.24, 2.45) is 5.41 Å². The molecule has 1 heteroatoms. The predicted octanol–water partition coefficient (Wildman–Crippen LogP) is 3.00. The van der Waals surface area contributed by atoms with E-state index >= 15 is 0 Å². The highest BCUT2D eigenvalue weighted by molar-refractivity contribution is 5.91. The van der Waals surface area contributed by atoms with Gasteiger partial charge in [0.05, 0.1) is 0 Å². The summed E-state index contributed by atoms with van der Waals surface area (Å²) in [6.07, 6.45) is 5.05. The van der Waals surface area contributed by atoms with E-state index in [2.05, 4.69) is 6.92 Å². The van der Waals surface area contributed by atoms with Gasteiger partial charge in [0.2, 0.25) is 0 Å². The first-order valence-corrected chi connectivity index (χ1v) is 4.36. The van der Waals surface area contributed by atoms with Crippen LogP contribution in [0.15, 0.2) is 0 Å². The molecule has 0 aliphatic rings. The van der Waals surface area contributed by atoms with E-state index in [0.717, 1.165) is 19.3 Å². The van der Waals surface area contributed by atoms with Crippen LogP contribution in [0.1, 0.15) is 47.0 Å². The number of carbonyl (C=O) groups excluding carboxylic acids is 1. The molecule has 0 atom stereocenters. The minimum atomic E-state index is -0.187. The van der Waals surface area contributed by atoms with Crippen molar-refractivity contribution in [3.8, 4) is 0 Å². The van der Waals surface area contributed by atoms with E-state index in [-0.39, 0.29) is 11.2 Å². The van der Waals surface area contributed by atoms with E-state index < -0.39 is 0 Å². The van der Waals surface area contributed by atoms with Gasteiger partial charge in [-0.1, -0.05) is 40.5 Å². The van der Waals surface area contributed by atoms with Gasteiger partial charge in [-0.3, -0.25) is 4.79 Å². The standard InChI is InChI=1S/C10H19O/c1-5-6-7-8-9(11)10(2,3)4/h8H,5-7H2,1-4H3. The molecule has 1 nitrogen and oxygen atoms in total. The molecule has 0 aromatic carbocycles. The van der Waals surface area contributed by atoms with Crippen molar-refractivity contribution < 1.29 is 4.79 Å². The lowest BCUT2D eigenvalue weighted by molar-refractivity contribution is -0.123. The fourth-order valence-electron chi connectivity index (χ4n) is 0.743. The van der Waals surface area contributed by atoms with E-state index in [1.54, 1.807) is 0 Å². The number of hydrogen-bond donors (Lipinski definition) is 0. The fourth-order valence-corrected chi connectivity index (χ4v) is 0.743. The molecule has 11 heavy (non-hydrogen) atoms. The van der Waals surface area contributed by atoms with Crippen LogP contribution < -0.4 is 0 Å². The third-order valence-electron chi connectivity index (χ3n) is 1.63. The number of rotatable bonds is 4. The van der Waals surface area contributed by atoms with Crippen LogP contribution in [0.2, 0.25) is 0 Å². The number of carbonyl (C=O) groups is 1. The molecule has 0 aromatic rings. The van der Waals surface area contributed by atoms with Gasteiger partial charge in [0.15, 0.2) is 0 Å². The monoisotopic (exact) mass is 155 g/mol. The fraction of sp³-hybridized carbons (Fsp3) is 0.800. The van der Waals surface area contributed by atoms with Crippen LogP contribution in [0.3, 0.4) is 0 Å². The van der Waals surface area contributed by atoms with E-state index in [1.165, 1.54) is 0 Å². The van der Waals surface area contributed by atoms with Crippen LogP contribution in [0, 0.1) is 11.8 Å². The van der Waals surface area contributed by atoms with Crippen molar-refractivity contribution in [1.29, 1.82) is 0 Å². The lowest BCUT2D eigenvalue weighted by Gasteiger charge is -2.15. The van der Waals surface area contributed by atoms with Crippen LogP contribution in [0.4, 0.5) is 0 Å². The summed E-state index contributed by atoms with van der Waals surface area (Å²) in [4.78, 5) is 11.3. The molecule has 0 aliphatic heterocycles. The molecule has 0 bridgehead atoms. The van der Waals surface area contributed by atoms with Crippen molar-refractivity contribution in [2.45, 2.75) is 47.0 Å². The molecule has 0 spiro atoms. The Morgan fingerprint density at radius 3 is 2.27 bits per heavy atom. The summed E-state index contributed by atoms with van der Waals surface area (Å²) in [6.45, 7) is 8.00. The zero-order chi connectivity index (χ0) is 8.91. The summed E-state index contributed by atoms with van der Waals surface area (Å²) in [7, 11) is 0. The van der Waals surface area contributed by atoms with Crippen molar-refractivity contribution >= 4 is 5.78 Å². The van der Waals surface area contributed by atoms with Gasteiger partial charge in [-0.05, 0) is 6.42 Å². The van der Waals surface area contributed by atoms with Crippen LogP contribution >= 0.6 is 0 Å². The number of hydrogen-bond acceptors (Lipinski definition) is 1. The molecule has 0 rings (SSSR count). The molecule has 0 aromatic heterocycles. The van der Waals surface area contributed by atoms with Crippen molar-refractivity contribution in [2.75, 3.05) is 0 Å². The molecule has 0 aliphatic carbocycles. The molecule has 0 fully saturated rings. The Labute approximate surface area is 70.2 Å². The molecule has 0 saturated heterocycles. The zero-order valence-electron chi connectivity index (χ0n) is 8.11. The maximum atomic E-state index is 11.3. The highest BCUT2D eigenvalue weighted by Crippen LogP contribution is 2.17. The summed E-state index contributed by atoms with van der Waals surface area (Å²) in [5.41, 5.74) is -0.187. The Bertz CT molecular complexity index is 119. The van der Waals surface area contributed by atoms with E-state index in [0.29, 0.717) is 0 Å². The van der Waals surface area contributed by atoms with Gasteiger partial charge in [0, 0.05) is 11.8 Å². The maximum absolute atomic E-state index is 11.3. The van der Waals surface area contributed by atoms with E-state index in [4.69, 9.17) is 0 Å². The first-order chi connectivity index (χ1) is 4.98. The van der Waals surface area contributed by atoms with Crippen molar-refractivity contribution in [1.82, 2.24) is 0 Å². The molecule has 0 heterocycles. The first-order valence-electron chi connectivity index (χ1n) is 4.36. The third kappa shape index (κ3) is 5.00. The smallest absolute Gasteiger partial charge is 0.141 e. The van der Waals surface area contributed by atoms with Crippen molar-refractivity contribution in [3.05, 3.63) is 6.42 Å². The summed E-state index contributed by atoms with van der Waals surface area (Å²) in [5.74, 6) is 0.269. The molecular formula is C10H19O. The second-order valence-electron chi connectivity index (χ2n) is 3.96. The van der Waals surface area contributed by atoms with Gasteiger partial charge in [-0.25, -0.2) is 0 Å². The Morgan fingerprint density at radius 2 is 1.91 bits per heavy atom. The lowest BCUT2D eigenvalue weighted by Crippen LogP contribution is -2.20. The quantitative estimate of drug-likeness (QED) is 0.570. The lowest BCUT2D eigenvalue weighted by atomic mass is 9.88. The summed E-state index contributed by atoms with van der Waals surface area (Å²) >= 11 is 0. The molecule has 0 saturated carbocycles. The third-order valence-corrected chi connectivity index (χ3v) is 1.63. The molecule has 65 valence electrons. The Balaban J connectivity index is 3.54. The van der Waals surface area contributed by atoms with Crippen LogP contribution in [-0.4, -0.2) is 5.78 Å². The second kappa shape index (κ2) is 4.53. The van der Waals surface area contributed by atoms with Crippen molar-refractivity contribution in [3.63, 3.8) is 0 Å². The topological polar surface area (TPSA) is 17.1 Å². The molecular weight excluding hydrogens is 136 g/mol. The minimum absolute atomic E-state index is 0.187. The Morgan fingerprint density at radius 1 is 1.36 bits per heavy atom. The summed E-state index contributed by atoms with van der Waals surface area (Å²) in [6, 6.07) is 0. The van der Waals surface area contributed by atoms with Crippen LogP contribution in [-0.2, 0) is 4.79 Å². The Kier molecular flexibility index (Phi) is 4.39. The van der Waals surface area contributed by atoms with E-state index in [1.807, 2.05) is 27.2 Å². The van der Waals surface area contributed by atoms with Crippen LogP contribution in [0.5, 0.6) is 0 Å². The van der Waals surface area contributed by atoms with Gasteiger partial charge in [0.25, 0.3) is 0 Å². The first kappa shape index (κ1) is 10.7. The molecule has 0 N–H and O–H groups in total. The molecule has 0 amide bonds. The summed E-state index contributed by atoms with van der Waals surface area (Å²) < 4.78 is 0. The summed E-state index contributed by atoms with van der Waals surface area (Å²) in [5, 5.41) is 0. The van der Waals surface area contributed by atoms with E-state index in [9.17, 15) is 4.79 Å². The highest BCUT2D eigenvalue weighted by atomic mass is 16.1. The highest BCUT2D eigenvalue weighted by Gasteiger charge is 2.19. The van der Waals surface area contributed by atoms with Gasteiger partial charge in [-0.15, -0.1) is 0 Å². The zero-order valence-corrected chi connectivity index (χ0v) is 8.11. The predicted molar refractivity (Wildman–Crippen MR) is 48.3 cm³/mol. The SMILES string of the molecule is CCCC[CH]C(=O)C(C)(C)C. The van der Waals surface area contributed by atoms with Gasteiger partial charge >= 0.3 is 0 Å². The van der Waals surface area contributed by atoms with Crippen LogP contribution in [0.25, 0.3) is 0 Å². The number of ketones is 1. The average molecular weight is 155 g/mol. The second-order valence-corrected chi connectivity index (χ2v) is 3.96. The molecule has 0 unspecified atom stereocenters. The number of unbranched alkanes of at least 4 members (excludes halogenated alkanes) is 2. The minimum Gasteiger partial charge on any atom is -0.299 e. The number of Topliss-reactive ketones (excluding diaryl/α,β-unsaturated/α-hetero) is 1.